The highest BCUT2D eigenvalue weighted by molar-refractivity contribution is 5.77. The number of hydrogen-bond donors (Lipinski definition) is 0. The zero-order valence-corrected chi connectivity index (χ0v) is 11.1. The predicted octanol–water partition coefficient (Wildman–Crippen LogP) is 4.63. The minimum Gasteiger partial charge on any atom is -0.469 e. The molecule has 0 aliphatic rings. The molecule has 0 unspecified atom stereocenters. The molecule has 0 fully saturated rings. The van der Waals surface area contributed by atoms with Crippen molar-refractivity contribution in [3.05, 3.63) is 0 Å². The quantitative estimate of drug-likeness (QED) is 0.686. The van der Waals surface area contributed by atoms with Gasteiger partial charge in [0.25, 0.3) is 0 Å². The van der Waals surface area contributed by atoms with E-state index in [4.69, 9.17) is 0 Å². The normalized spacial score (nSPS) is 6.71. The molecule has 0 N–H and O–H groups in total. The van der Waals surface area contributed by atoms with Gasteiger partial charge in [-0.3, -0.25) is 9.59 Å². The van der Waals surface area contributed by atoms with Crippen molar-refractivity contribution in [1.29, 1.82) is 0 Å². The number of carbonyl (C=O) groups excluding carboxylic acids is 2. The maximum Gasteiger partial charge on any atom is 0.305 e. The molecule has 0 aliphatic carbocycles. The van der Waals surface area contributed by atoms with E-state index in [2.05, 4.69) is 18.6 Å². The van der Waals surface area contributed by atoms with E-state index in [0.717, 1.165) is 0 Å². The molecule has 0 rings (SSSR count). The molecule has 0 bridgehead atoms. The van der Waals surface area contributed by atoms with Crippen molar-refractivity contribution in [3.8, 4) is 0 Å². The molecule has 0 saturated heterocycles. The van der Waals surface area contributed by atoms with Gasteiger partial charge in [-0.05, 0) is 0 Å². The molecule has 3 heteroatoms. The molecular formula is C14H34O3. The maximum absolute atomic E-state index is 10.2. The minimum atomic E-state index is -0.157. The largest absolute Gasteiger partial charge is 0.469 e. The minimum absolute atomic E-state index is 0. The number of rotatable bonds is 3. The maximum atomic E-state index is 10.2. The molecule has 3 nitrogen and oxygen atoms in total. The van der Waals surface area contributed by atoms with Crippen LogP contribution >= 0.6 is 0 Å². The Morgan fingerprint density at radius 3 is 1.12 bits per heavy atom. The third kappa shape index (κ3) is 51.3. The summed E-state index contributed by atoms with van der Waals surface area (Å²) in [4.78, 5) is 20.1. The summed E-state index contributed by atoms with van der Waals surface area (Å²) in [5, 5.41) is 0. The molecule has 0 saturated carbocycles. The van der Waals surface area contributed by atoms with Crippen LogP contribution in [0.4, 0.5) is 0 Å². The number of ether oxygens (including phenoxy) is 1. The lowest BCUT2D eigenvalue weighted by Crippen LogP contribution is -1.94. The van der Waals surface area contributed by atoms with E-state index in [1.807, 2.05) is 13.8 Å². The fourth-order valence-electron chi connectivity index (χ4n) is 0.394. The standard InChI is InChI=1S/C5H10O.C4H8O2.C3H8.2CH4/c1-3-5(6)4-2;1-3-4(5)6-2;1-3-2;;/h3-4H2,1-2H3;3H2,1-2H3;3H2,1-2H3;2*1H4. The average Bonchev–Trinajstić information content (AvgIpc) is 2.28. The number of ketones is 1. The molecule has 108 valence electrons. The first kappa shape index (κ1) is 29.8. The Hall–Kier alpha value is -0.860. The molecule has 17 heavy (non-hydrogen) atoms. The third-order valence-corrected chi connectivity index (χ3v) is 1.31. The molecular weight excluding hydrogens is 216 g/mol. The van der Waals surface area contributed by atoms with Crippen LogP contribution in [0.25, 0.3) is 0 Å². The van der Waals surface area contributed by atoms with Crippen molar-refractivity contribution >= 4 is 11.8 Å². The van der Waals surface area contributed by atoms with Gasteiger partial charge in [-0.2, -0.15) is 0 Å². The van der Waals surface area contributed by atoms with Crippen molar-refractivity contribution < 1.29 is 14.3 Å². The Balaban J connectivity index is -0.0000000421. The molecule has 0 aromatic heterocycles. The van der Waals surface area contributed by atoms with E-state index in [9.17, 15) is 9.59 Å². The Bertz CT molecular complexity index is 114. The highest BCUT2D eigenvalue weighted by atomic mass is 16.5. The van der Waals surface area contributed by atoms with E-state index in [1.54, 1.807) is 6.92 Å². The summed E-state index contributed by atoms with van der Waals surface area (Å²) in [7, 11) is 1.38. The van der Waals surface area contributed by atoms with Gasteiger partial charge in [0.2, 0.25) is 0 Å². The first-order valence-corrected chi connectivity index (χ1v) is 5.62. The lowest BCUT2D eigenvalue weighted by molar-refractivity contribution is -0.140. The van der Waals surface area contributed by atoms with Crippen molar-refractivity contribution in [1.82, 2.24) is 0 Å². The molecule has 0 spiro atoms. The smallest absolute Gasteiger partial charge is 0.305 e. The van der Waals surface area contributed by atoms with Crippen LogP contribution < -0.4 is 0 Å². The van der Waals surface area contributed by atoms with Crippen LogP contribution in [0.15, 0.2) is 0 Å². The number of carbonyl (C=O) groups is 2. The fraction of sp³-hybridized carbons (Fsp3) is 0.857. The second kappa shape index (κ2) is 29.4. The Labute approximate surface area is 109 Å². The predicted molar refractivity (Wildman–Crippen MR) is 77.3 cm³/mol. The van der Waals surface area contributed by atoms with Crippen LogP contribution in [0, 0.1) is 0 Å². The highest BCUT2D eigenvalue weighted by Crippen LogP contribution is 1.83. The van der Waals surface area contributed by atoms with Gasteiger partial charge < -0.3 is 4.74 Å². The van der Waals surface area contributed by atoms with Crippen molar-refractivity contribution in [2.45, 2.75) is 75.2 Å². The highest BCUT2D eigenvalue weighted by Gasteiger charge is 1.87. The summed E-state index contributed by atoms with van der Waals surface area (Å²) in [6.45, 7) is 9.77. The lowest BCUT2D eigenvalue weighted by atomic mass is 10.3. The zero-order valence-electron chi connectivity index (χ0n) is 11.1. The van der Waals surface area contributed by atoms with Gasteiger partial charge >= 0.3 is 5.97 Å². The molecule has 0 aliphatic heterocycles. The second-order valence-electron chi connectivity index (χ2n) is 2.88. The SMILES string of the molecule is C.C.CCC.CCC(=O)CC.CCC(=O)OC. The van der Waals surface area contributed by atoms with Gasteiger partial charge in [0, 0.05) is 19.3 Å². The van der Waals surface area contributed by atoms with Crippen LogP contribution in [-0.4, -0.2) is 18.9 Å². The van der Waals surface area contributed by atoms with Crippen LogP contribution in [0.2, 0.25) is 0 Å². The molecule has 0 atom stereocenters. The molecule has 0 aromatic rings. The summed E-state index contributed by atoms with van der Waals surface area (Å²) in [6, 6.07) is 0. The topological polar surface area (TPSA) is 43.4 Å². The summed E-state index contributed by atoms with van der Waals surface area (Å²) in [6.07, 6.45) is 3.10. The summed E-state index contributed by atoms with van der Waals surface area (Å²) in [5.74, 6) is 0.185. The van der Waals surface area contributed by atoms with Crippen molar-refractivity contribution in [3.63, 3.8) is 0 Å². The van der Waals surface area contributed by atoms with Gasteiger partial charge in [0.15, 0.2) is 0 Å². The average molecular weight is 250 g/mol. The van der Waals surface area contributed by atoms with Crippen molar-refractivity contribution in [2.75, 3.05) is 7.11 Å². The first-order valence-electron chi connectivity index (χ1n) is 5.62. The molecule has 0 heterocycles. The van der Waals surface area contributed by atoms with E-state index in [-0.39, 0.29) is 20.8 Å². The number of hydrogen-bond acceptors (Lipinski definition) is 3. The van der Waals surface area contributed by atoms with E-state index < -0.39 is 0 Å². The Morgan fingerprint density at radius 2 is 1.12 bits per heavy atom. The fourth-order valence-corrected chi connectivity index (χ4v) is 0.394. The monoisotopic (exact) mass is 250 g/mol. The van der Waals surface area contributed by atoms with Crippen molar-refractivity contribution in [2.24, 2.45) is 0 Å². The summed E-state index contributed by atoms with van der Waals surface area (Å²) in [5.41, 5.74) is 0. The number of methoxy groups -OCH3 is 1. The Kier molecular flexibility index (Phi) is 51.6. The summed E-state index contributed by atoms with van der Waals surface area (Å²) >= 11 is 0. The molecule has 0 radical (unpaired) electrons. The van der Waals surface area contributed by atoms with Gasteiger partial charge in [0.1, 0.15) is 5.78 Å². The first-order chi connectivity index (χ1) is 7.03. The Morgan fingerprint density at radius 1 is 0.824 bits per heavy atom. The molecule has 0 amide bonds. The van der Waals surface area contributed by atoms with Gasteiger partial charge in [-0.15, -0.1) is 0 Å². The van der Waals surface area contributed by atoms with Crippen LogP contribution in [0.1, 0.15) is 75.2 Å². The van der Waals surface area contributed by atoms with Crippen LogP contribution in [0.3, 0.4) is 0 Å². The van der Waals surface area contributed by atoms with Gasteiger partial charge in [-0.1, -0.05) is 55.9 Å². The number of esters is 1. The van der Waals surface area contributed by atoms with Crippen LogP contribution in [-0.2, 0) is 14.3 Å². The number of Topliss-reactive ketones (excluding diaryl/α,β-unsaturated/α-hetero) is 1. The van der Waals surface area contributed by atoms with Gasteiger partial charge in [-0.25, -0.2) is 0 Å². The third-order valence-electron chi connectivity index (χ3n) is 1.31. The zero-order chi connectivity index (χ0) is 12.7. The molecule has 0 aromatic carbocycles. The van der Waals surface area contributed by atoms with Crippen LogP contribution in [0.5, 0.6) is 0 Å². The lowest BCUT2D eigenvalue weighted by Gasteiger charge is -1.87. The van der Waals surface area contributed by atoms with E-state index in [1.165, 1.54) is 13.5 Å². The second-order valence-corrected chi connectivity index (χ2v) is 2.88. The van der Waals surface area contributed by atoms with E-state index >= 15 is 0 Å². The van der Waals surface area contributed by atoms with Gasteiger partial charge in [0.05, 0.1) is 7.11 Å². The summed E-state index contributed by atoms with van der Waals surface area (Å²) < 4.78 is 4.26. The van der Waals surface area contributed by atoms with E-state index in [0.29, 0.717) is 25.0 Å².